The summed E-state index contributed by atoms with van der Waals surface area (Å²) in [5, 5.41) is 15.8. The van der Waals surface area contributed by atoms with E-state index in [0.717, 1.165) is 16.3 Å². The van der Waals surface area contributed by atoms with E-state index in [1.54, 1.807) is 44.6 Å². The number of carbonyl (C=O) groups excluding carboxylic acids is 1. The molecule has 0 heterocycles. The highest BCUT2D eigenvalue weighted by atomic mass is 16.5. The summed E-state index contributed by atoms with van der Waals surface area (Å²) in [7, 11) is 3.14. The molecule has 0 unspecified atom stereocenters. The smallest absolute Gasteiger partial charge is 0.252 e. The molecule has 31 heavy (non-hydrogen) atoms. The number of para-hydroxylation sites is 1. The number of ether oxygens (including phenoxy) is 2. The second-order valence-corrected chi connectivity index (χ2v) is 7.10. The Bertz CT molecular complexity index is 1230. The first-order chi connectivity index (χ1) is 15.1. The van der Waals surface area contributed by atoms with Crippen molar-refractivity contribution in [2.75, 3.05) is 14.2 Å². The van der Waals surface area contributed by atoms with E-state index in [9.17, 15) is 9.90 Å². The molecule has 0 aliphatic carbocycles. The van der Waals surface area contributed by atoms with Crippen LogP contribution in [0.4, 0.5) is 0 Å². The maximum Gasteiger partial charge on any atom is 0.252 e. The van der Waals surface area contributed by atoms with Crippen molar-refractivity contribution >= 4 is 16.7 Å². The second-order valence-electron chi connectivity index (χ2n) is 7.10. The van der Waals surface area contributed by atoms with Crippen LogP contribution in [-0.4, -0.2) is 25.2 Å². The van der Waals surface area contributed by atoms with Crippen molar-refractivity contribution in [2.45, 2.75) is 6.04 Å². The number of hydrogen-bond donors (Lipinski definition) is 2. The lowest BCUT2D eigenvalue weighted by atomic mass is 9.92. The first-order valence-electron chi connectivity index (χ1n) is 9.91. The molecular formula is C26H23NO4. The lowest BCUT2D eigenvalue weighted by Crippen LogP contribution is -2.30. The van der Waals surface area contributed by atoms with Gasteiger partial charge in [0.05, 0.1) is 20.3 Å². The molecule has 1 amide bonds. The van der Waals surface area contributed by atoms with Crippen LogP contribution in [0.2, 0.25) is 0 Å². The summed E-state index contributed by atoms with van der Waals surface area (Å²) < 4.78 is 10.8. The zero-order chi connectivity index (χ0) is 21.8. The maximum absolute atomic E-state index is 13.2. The summed E-state index contributed by atoms with van der Waals surface area (Å²) in [6.07, 6.45) is 0. The standard InChI is InChI=1S/C26H23NO4/c1-30-19-10-7-9-18(16-19)26(29)27-25(21-12-5-6-13-23(21)31-2)24-20-11-4-3-8-17(20)14-15-22(24)28/h3-16,25,28H,1-2H3,(H,27,29)/t25-/m0/s1. The fraction of sp³-hybridized carbons (Fsp3) is 0.115. The number of hydrogen-bond acceptors (Lipinski definition) is 4. The van der Waals surface area contributed by atoms with Crippen LogP contribution in [0.3, 0.4) is 0 Å². The fourth-order valence-corrected chi connectivity index (χ4v) is 3.78. The quantitative estimate of drug-likeness (QED) is 0.462. The number of benzene rings is 4. The second kappa shape index (κ2) is 8.79. The van der Waals surface area contributed by atoms with Crippen molar-refractivity contribution < 1.29 is 19.4 Å². The monoisotopic (exact) mass is 413 g/mol. The van der Waals surface area contributed by atoms with Gasteiger partial charge in [-0.05, 0) is 41.1 Å². The van der Waals surface area contributed by atoms with Crippen molar-refractivity contribution in [3.05, 3.63) is 102 Å². The van der Waals surface area contributed by atoms with E-state index in [1.165, 1.54) is 0 Å². The van der Waals surface area contributed by atoms with E-state index in [1.807, 2.05) is 54.6 Å². The first kappa shape index (κ1) is 20.3. The summed E-state index contributed by atoms with van der Waals surface area (Å²) in [6.45, 7) is 0. The van der Waals surface area contributed by atoms with Gasteiger partial charge in [0.2, 0.25) is 0 Å². The van der Waals surface area contributed by atoms with Crippen molar-refractivity contribution in [1.82, 2.24) is 5.32 Å². The van der Waals surface area contributed by atoms with Crippen LogP contribution < -0.4 is 14.8 Å². The summed E-state index contributed by atoms with van der Waals surface area (Å²) in [4.78, 5) is 13.2. The molecule has 5 nitrogen and oxygen atoms in total. The number of nitrogens with one attached hydrogen (secondary N) is 1. The Morgan fingerprint density at radius 2 is 1.65 bits per heavy atom. The summed E-state index contributed by atoms with van der Waals surface area (Å²) in [6, 6.07) is 25.0. The van der Waals surface area contributed by atoms with Gasteiger partial charge in [-0.2, -0.15) is 0 Å². The highest BCUT2D eigenvalue weighted by Gasteiger charge is 2.25. The summed E-state index contributed by atoms with van der Waals surface area (Å²) in [5.41, 5.74) is 1.81. The van der Waals surface area contributed by atoms with E-state index in [0.29, 0.717) is 22.6 Å². The van der Waals surface area contributed by atoms with Crippen LogP contribution in [0.15, 0.2) is 84.9 Å². The number of rotatable bonds is 6. The minimum Gasteiger partial charge on any atom is -0.508 e. The topological polar surface area (TPSA) is 67.8 Å². The average molecular weight is 413 g/mol. The molecule has 0 radical (unpaired) electrons. The third-order valence-corrected chi connectivity index (χ3v) is 5.29. The molecule has 156 valence electrons. The Morgan fingerprint density at radius 3 is 2.45 bits per heavy atom. The fourth-order valence-electron chi connectivity index (χ4n) is 3.78. The number of phenolic OH excluding ortho intramolecular Hbond substituents is 1. The molecule has 0 bridgehead atoms. The van der Waals surface area contributed by atoms with E-state index >= 15 is 0 Å². The minimum atomic E-state index is -0.638. The van der Waals surface area contributed by atoms with Crippen LogP contribution >= 0.6 is 0 Å². The predicted octanol–water partition coefficient (Wildman–Crippen LogP) is 5.08. The van der Waals surface area contributed by atoms with Crippen LogP contribution in [-0.2, 0) is 0 Å². The van der Waals surface area contributed by atoms with Gasteiger partial charge in [0.1, 0.15) is 17.2 Å². The van der Waals surface area contributed by atoms with Crippen molar-refractivity contribution in [3.63, 3.8) is 0 Å². The van der Waals surface area contributed by atoms with Crippen molar-refractivity contribution in [1.29, 1.82) is 0 Å². The molecule has 0 saturated carbocycles. The Hall–Kier alpha value is -3.99. The number of aromatic hydroxyl groups is 1. The van der Waals surface area contributed by atoms with E-state index in [-0.39, 0.29) is 11.7 Å². The Kier molecular flexibility index (Phi) is 5.76. The van der Waals surface area contributed by atoms with Gasteiger partial charge in [-0.1, -0.05) is 54.6 Å². The molecule has 0 fully saturated rings. The van der Waals surface area contributed by atoms with Gasteiger partial charge in [-0.15, -0.1) is 0 Å². The third-order valence-electron chi connectivity index (χ3n) is 5.29. The Morgan fingerprint density at radius 1 is 0.871 bits per heavy atom. The van der Waals surface area contributed by atoms with Gasteiger partial charge >= 0.3 is 0 Å². The highest BCUT2D eigenvalue weighted by Crippen LogP contribution is 2.39. The van der Waals surface area contributed by atoms with Crippen LogP contribution in [0.25, 0.3) is 10.8 Å². The van der Waals surface area contributed by atoms with E-state index in [4.69, 9.17) is 9.47 Å². The molecule has 4 aromatic rings. The minimum absolute atomic E-state index is 0.0977. The first-order valence-corrected chi connectivity index (χ1v) is 9.91. The van der Waals surface area contributed by atoms with Crippen LogP contribution in [0.1, 0.15) is 27.5 Å². The summed E-state index contributed by atoms with van der Waals surface area (Å²) in [5.74, 6) is 1.02. The number of carbonyl (C=O) groups is 1. The lowest BCUT2D eigenvalue weighted by molar-refractivity contribution is 0.0942. The van der Waals surface area contributed by atoms with E-state index in [2.05, 4.69) is 5.32 Å². The molecule has 0 saturated heterocycles. The molecule has 4 rings (SSSR count). The molecule has 4 aromatic carbocycles. The SMILES string of the molecule is COc1cccc(C(=O)N[C@@H](c2ccccc2OC)c2c(O)ccc3ccccc23)c1. The molecule has 0 spiro atoms. The maximum atomic E-state index is 13.2. The molecule has 1 atom stereocenters. The zero-order valence-corrected chi connectivity index (χ0v) is 17.3. The lowest BCUT2D eigenvalue weighted by Gasteiger charge is -2.24. The largest absolute Gasteiger partial charge is 0.508 e. The molecule has 0 aliphatic heterocycles. The molecule has 0 aromatic heterocycles. The van der Waals surface area contributed by atoms with Gasteiger partial charge in [0.25, 0.3) is 5.91 Å². The summed E-state index contributed by atoms with van der Waals surface area (Å²) >= 11 is 0. The number of phenols is 1. The van der Waals surface area contributed by atoms with Crippen LogP contribution in [0.5, 0.6) is 17.2 Å². The Labute approximate surface area is 180 Å². The highest BCUT2D eigenvalue weighted by molar-refractivity contribution is 5.96. The number of amides is 1. The van der Waals surface area contributed by atoms with Gasteiger partial charge in [-0.25, -0.2) is 0 Å². The zero-order valence-electron chi connectivity index (χ0n) is 17.3. The molecule has 0 aliphatic rings. The van der Waals surface area contributed by atoms with Crippen LogP contribution in [0, 0.1) is 0 Å². The van der Waals surface area contributed by atoms with Gasteiger partial charge in [0, 0.05) is 16.7 Å². The Balaban J connectivity index is 1.87. The van der Waals surface area contributed by atoms with Gasteiger partial charge < -0.3 is 19.9 Å². The van der Waals surface area contributed by atoms with Crippen molar-refractivity contribution in [3.8, 4) is 17.2 Å². The molecular weight excluding hydrogens is 390 g/mol. The van der Waals surface area contributed by atoms with Gasteiger partial charge in [-0.3, -0.25) is 4.79 Å². The molecule has 2 N–H and O–H groups in total. The third kappa shape index (κ3) is 4.03. The predicted molar refractivity (Wildman–Crippen MR) is 121 cm³/mol. The average Bonchev–Trinajstić information content (AvgIpc) is 2.82. The van der Waals surface area contributed by atoms with Crippen molar-refractivity contribution in [2.24, 2.45) is 0 Å². The normalized spacial score (nSPS) is 11.7. The van der Waals surface area contributed by atoms with E-state index < -0.39 is 6.04 Å². The molecule has 5 heteroatoms. The number of fused-ring (bicyclic) bond motifs is 1. The van der Waals surface area contributed by atoms with Gasteiger partial charge in [0.15, 0.2) is 0 Å². The number of methoxy groups -OCH3 is 2.